The van der Waals surface area contributed by atoms with Gasteiger partial charge < -0.3 is 0 Å². The van der Waals surface area contributed by atoms with E-state index in [0.29, 0.717) is 0 Å². The Balaban J connectivity index is 2.49. The molecule has 2 aromatic carbocycles. The molecule has 0 atom stereocenters. The molecule has 0 aliphatic carbocycles. The monoisotopic (exact) mass is 250 g/mol. The Morgan fingerprint density at radius 2 is 1.19 bits per heavy atom. The Bertz CT molecular complexity index is 399. The van der Waals surface area contributed by atoms with Crippen LogP contribution in [0.15, 0.2) is 70.5 Å². The zero-order chi connectivity index (χ0) is 11.4. The quantitative estimate of drug-likeness (QED) is 0.712. The highest BCUT2D eigenvalue weighted by Crippen LogP contribution is 2.66. The van der Waals surface area contributed by atoms with E-state index in [0.717, 1.165) is 5.75 Å². The van der Waals surface area contributed by atoms with Crippen LogP contribution in [0.1, 0.15) is 6.92 Å². The number of rotatable bonds is 3. The van der Waals surface area contributed by atoms with Crippen molar-refractivity contribution in [3.05, 3.63) is 60.7 Å². The highest BCUT2D eigenvalue weighted by atomic mass is 35.7. The van der Waals surface area contributed by atoms with E-state index in [-0.39, 0.29) is 0 Å². The van der Waals surface area contributed by atoms with Gasteiger partial charge in [0, 0.05) is 9.79 Å². The van der Waals surface area contributed by atoms with Gasteiger partial charge in [-0.15, -0.1) is 9.24 Å². The van der Waals surface area contributed by atoms with Crippen LogP contribution < -0.4 is 0 Å². The molecule has 0 fully saturated rings. The maximum absolute atomic E-state index is 6.86. The molecule has 0 radical (unpaired) electrons. The van der Waals surface area contributed by atoms with E-state index in [4.69, 9.17) is 10.7 Å². The normalized spacial score (nSPS) is 12.4. The van der Waals surface area contributed by atoms with Crippen molar-refractivity contribution in [1.82, 2.24) is 0 Å². The van der Waals surface area contributed by atoms with Gasteiger partial charge in [-0.25, -0.2) is 0 Å². The topological polar surface area (TPSA) is 0 Å². The van der Waals surface area contributed by atoms with Crippen LogP contribution >= 0.6 is 19.9 Å². The highest BCUT2D eigenvalue weighted by molar-refractivity contribution is 8.51. The van der Waals surface area contributed by atoms with Gasteiger partial charge in [-0.3, -0.25) is 0 Å². The summed E-state index contributed by atoms with van der Waals surface area (Å²) in [6, 6.07) is 20.8. The first kappa shape index (κ1) is 11.6. The molecule has 0 nitrogen and oxygen atoms in total. The van der Waals surface area contributed by atoms with Gasteiger partial charge in [0.2, 0.25) is 0 Å². The summed E-state index contributed by atoms with van der Waals surface area (Å²) in [4.78, 5) is 2.48. The largest absolute Gasteiger partial charge is 0.109 e. The van der Waals surface area contributed by atoms with Gasteiger partial charge in [0.15, 0.2) is 0 Å². The molecule has 0 aliphatic heterocycles. The summed E-state index contributed by atoms with van der Waals surface area (Å²) in [5.74, 6) is 0.961. The van der Waals surface area contributed by atoms with Crippen LogP contribution in [0.25, 0.3) is 0 Å². The fourth-order valence-corrected chi connectivity index (χ4v) is 4.47. The van der Waals surface area contributed by atoms with E-state index in [1.807, 2.05) is 12.1 Å². The van der Waals surface area contributed by atoms with Gasteiger partial charge in [0.25, 0.3) is 0 Å². The minimum atomic E-state index is -1.36. The third kappa shape index (κ3) is 2.11. The molecule has 0 saturated heterocycles. The molecular weight excluding hydrogens is 236 g/mol. The number of benzene rings is 2. The highest BCUT2D eigenvalue weighted by Gasteiger charge is 2.23. The minimum absolute atomic E-state index is 0.961. The first-order chi connectivity index (χ1) is 7.77. The third-order valence-electron chi connectivity index (χ3n) is 2.63. The van der Waals surface area contributed by atoms with E-state index in [1.54, 1.807) is 0 Å². The predicted molar refractivity (Wildman–Crippen MR) is 73.4 cm³/mol. The zero-order valence-corrected chi connectivity index (χ0v) is 10.8. The second-order valence-corrected chi connectivity index (χ2v) is 7.98. The van der Waals surface area contributed by atoms with Crippen molar-refractivity contribution in [1.29, 1.82) is 0 Å². The Morgan fingerprint density at radius 1 is 0.812 bits per heavy atom. The van der Waals surface area contributed by atoms with E-state index in [1.165, 1.54) is 9.79 Å². The molecule has 0 aliphatic rings. The Kier molecular flexibility index (Phi) is 3.57. The van der Waals surface area contributed by atoms with Crippen LogP contribution in [0.2, 0.25) is 0 Å². The third-order valence-corrected chi connectivity index (χ3v) is 7.19. The Hall–Kier alpha value is -0.920. The fraction of sp³-hybridized carbons (Fsp3) is 0.143. The van der Waals surface area contributed by atoms with Gasteiger partial charge >= 0.3 is 0 Å². The standard InChI is InChI=1S/C14H15ClS/c1-2-16(15,13-9-5-3-6-10-13)14-11-7-4-8-12-14/h3-12H,2H2,1H3. The van der Waals surface area contributed by atoms with E-state index < -0.39 is 9.24 Å². The molecule has 2 aromatic rings. The van der Waals surface area contributed by atoms with Gasteiger partial charge in [-0.05, 0) is 30.0 Å². The maximum atomic E-state index is 6.86. The van der Waals surface area contributed by atoms with E-state index >= 15 is 0 Å². The summed E-state index contributed by atoms with van der Waals surface area (Å²) in [7, 11) is 5.50. The smallest absolute Gasteiger partial charge is 0.00727 e. The molecule has 0 spiro atoms. The molecule has 16 heavy (non-hydrogen) atoms. The van der Waals surface area contributed by atoms with Crippen molar-refractivity contribution in [2.24, 2.45) is 0 Å². The minimum Gasteiger partial charge on any atom is -0.109 e. The maximum Gasteiger partial charge on any atom is 0.00727 e. The molecule has 0 saturated carbocycles. The van der Waals surface area contributed by atoms with Gasteiger partial charge in [0.1, 0.15) is 0 Å². The van der Waals surface area contributed by atoms with Crippen molar-refractivity contribution < 1.29 is 0 Å². The van der Waals surface area contributed by atoms with Crippen LogP contribution in [0.3, 0.4) is 0 Å². The summed E-state index contributed by atoms with van der Waals surface area (Å²) in [6.45, 7) is 2.16. The predicted octanol–water partition coefficient (Wildman–Crippen LogP) is 5.08. The molecule has 0 aromatic heterocycles. The van der Waals surface area contributed by atoms with Crippen LogP contribution in [-0.2, 0) is 0 Å². The van der Waals surface area contributed by atoms with Crippen molar-refractivity contribution in [3.63, 3.8) is 0 Å². The first-order valence-electron chi connectivity index (χ1n) is 5.38. The van der Waals surface area contributed by atoms with Crippen LogP contribution in [0.5, 0.6) is 0 Å². The van der Waals surface area contributed by atoms with Crippen LogP contribution in [-0.4, -0.2) is 5.75 Å². The average Bonchev–Trinajstić information content (AvgIpc) is 2.40. The van der Waals surface area contributed by atoms with Crippen LogP contribution in [0.4, 0.5) is 0 Å². The molecule has 84 valence electrons. The SMILES string of the molecule is CCS(Cl)(c1ccccc1)c1ccccc1. The Morgan fingerprint density at radius 3 is 1.50 bits per heavy atom. The summed E-state index contributed by atoms with van der Waals surface area (Å²) >= 11 is 0. The second kappa shape index (κ2) is 4.94. The van der Waals surface area contributed by atoms with Crippen molar-refractivity contribution >= 4 is 19.9 Å². The molecule has 0 heterocycles. The molecule has 0 bridgehead atoms. The van der Waals surface area contributed by atoms with Crippen molar-refractivity contribution in [2.75, 3.05) is 5.75 Å². The lowest BCUT2D eigenvalue weighted by Gasteiger charge is -2.32. The van der Waals surface area contributed by atoms with Gasteiger partial charge in [-0.2, -0.15) is 0 Å². The second-order valence-electron chi connectivity index (χ2n) is 3.57. The molecule has 0 N–H and O–H groups in total. The first-order valence-corrected chi connectivity index (χ1v) is 8.01. The Labute approximate surface area is 103 Å². The summed E-state index contributed by atoms with van der Waals surface area (Å²) in [6.07, 6.45) is 0. The van der Waals surface area contributed by atoms with Gasteiger partial charge in [0.05, 0.1) is 0 Å². The van der Waals surface area contributed by atoms with Gasteiger partial charge in [-0.1, -0.05) is 54.0 Å². The lowest BCUT2D eigenvalue weighted by molar-refractivity contribution is 1.33. The zero-order valence-electron chi connectivity index (χ0n) is 9.27. The van der Waals surface area contributed by atoms with E-state index in [2.05, 4.69) is 55.5 Å². The molecule has 2 heteroatoms. The fourth-order valence-electron chi connectivity index (χ4n) is 1.74. The summed E-state index contributed by atoms with van der Waals surface area (Å²) < 4.78 is 0. The molecular formula is C14H15ClS. The van der Waals surface area contributed by atoms with E-state index in [9.17, 15) is 0 Å². The summed E-state index contributed by atoms with van der Waals surface area (Å²) in [5, 5.41) is 0. The number of hydrogen-bond acceptors (Lipinski definition) is 0. The number of halogens is 1. The molecule has 0 unspecified atom stereocenters. The summed E-state index contributed by atoms with van der Waals surface area (Å²) in [5.41, 5.74) is 0. The lowest BCUT2D eigenvalue weighted by atomic mass is 10.4. The molecule has 2 rings (SSSR count). The van der Waals surface area contributed by atoms with Crippen LogP contribution in [0, 0.1) is 0 Å². The van der Waals surface area contributed by atoms with Crippen molar-refractivity contribution in [2.45, 2.75) is 16.7 Å². The van der Waals surface area contributed by atoms with Crippen molar-refractivity contribution in [3.8, 4) is 0 Å². The lowest BCUT2D eigenvalue weighted by Crippen LogP contribution is -1.97. The average molecular weight is 251 g/mol. The molecule has 0 amide bonds. The number of hydrogen-bond donors (Lipinski definition) is 0.